The zero-order valence-corrected chi connectivity index (χ0v) is 14.8. The minimum atomic E-state index is -4.57. The molecule has 0 atom stereocenters. The van der Waals surface area contributed by atoms with Crippen molar-refractivity contribution in [2.75, 3.05) is 7.11 Å². The Kier molecular flexibility index (Phi) is 5.21. The maximum Gasteiger partial charge on any atom is 0.435 e. The number of carbonyl (C=O) groups is 1. The Hall–Kier alpha value is -3.55. The summed E-state index contributed by atoms with van der Waals surface area (Å²) in [6.45, 7) is 0. The largest absolute Gasteiger partial charge is 0.497 e. The van der Waals surface area contributed by atoms with E-state index in [0.29, 0.717) is 22.6 Å². The smallest absolute Gasteiger partial charge is 0.435 e. The first-order valence-corrected chi connectivity index (χ1v) is 8.17. The number of halogens is 3. The fraction of sp³-hybridized carbons (Fsp3) is 0.100. The summed E-state index contributed by atoms with van der Waals surface area (Å²) in [5, 5.41) is 3.74. The Morgan fingerprint density at radius 2 is 1.75 bits per heavy atom. The van der Waals surface area contributed by atoms with E-state index in [0.717, 1.165) is 6.07 Å². The molecule has 1 amide bonds. The molecule has 144 valence electrons. The molecule has 0 aliphatic rings. The van der Waals surface area contributed by atoms with Gasteiger partial charge in [-0.05, 0) is 42.0 Å². The van der Waals surface area contributed by atoms with Gasteiger partial charge in [0.15, 0.2) is 5.69 Å². The lowest BCUT2D eigenvalue weighted by molar-refractivity contribution is -0.141. The quantitative estimate of drug-likeness (QED) is 0.671. The van der Waals surface area contributed by atoms with Crippen molar-refractivity contribution >= 4 is 12.0 Å². The van der Waals surface area contributed by atoms with Gasteiger partial charge in [0.25, 0.3) is 0 Å². The Morgan fingerprint density at radius 3 is 2.29 bits per heavy atom. The molecule has 28 heavy (non-hydrogen) atoms. The summed E-state index contributed by atoms with van der Waals surface area (Å²) in [7, 11) is 1.50. The van der Waals surface area contributed by atoms with Crippen LogP contribution in [0, 0.1) is 0 Å². The van der Waals surface area contributed by atoms with Gasteiger partial charge < -0.3 is 10.5 Å². The molecule has 3 aromatic rings. The summed E-state index contributed by atoms with van der Waals surface area (Å²) < 4.78 is 46.0. The third-order valence-electron chi connectivity index (χ3n) is 3.96. The molecule has 0 aliphatic carbocycles. The summed E-state index contributed by atoms with van der Waals surface area (Å²) in [4.78, 5) is 10.8. The summed E-state index contributed by atoms with van der Waals surface area (Å²) in [6, 6.07) is 14.2. The van der Waals surface area contributed by atoms with Gasteiger partial charge in [-0.1, -0.05) is 24.3 Å². The van der Waals surface area contributed by atoms with Crippen molar-refractivity contribution in [2.24, 2.45) is 5.73 Å². The zero-order valence-electron chi connectivity index (χ0n) is 14.8. The first-order valence-electron chi connectivity index (χ1n) is 8.17. The van der Waals surface area contributed by atoms with Crippen molar-refractivity contribution in [3.63, 3.8) is 0 Å². The first-order chi connectivity index (χ1) is 13.3. The van der Waals surface area contributed by atoms with Gasteiger partial charge in [-0.2, -0.15) is 18.3 Å². The van der Waals surface area contributed by atoms with Crippen LogP contribution in [0.2, 0.25) is 0 Å². The van der Waals surface area contributed by atoms with Gasteiger partial charge in [0.05, 0.1) is 18.5 Å². The summed E-state index contributed by atoms with van der Waals surface area (Å²) in [6.07, 6.45) is -1.84. The van der Waals surface area contributed by atoms with Crippen LogP contribution in [0.4, 0.5) is 13.2 Å². The van der Waals surface area contributed by atoms with Crippen LogP contribution >= 0.6 is 0 Å². The lowest BCUT2D eigenvalue weighted by Gasteiger charge is -2.09. The predicted octanol–water partition coefficient (Wildman–Crippen LogP) is 4.07. The zero-order chi connectivity index (χ0) is 20.3. The highest BCUT2D eigenvalue weighted by Gasteiger charge is 2.35. The monoisotopic (exact) mass is 387 g/mol. The number of methoxy groups -OCH3 is 1. The Morgan fingerprint density at radius 1 is 1.11 bits per heavy atom. The molecule has 5 nitrogen and oxygen atoms in total. The number of primary amides is 1. The van der Waals surface area contributed by atoms with Crippen molar-refractivity contribution in [3.8, 4) is 22.7 Å². The third kappa shape index (κ3) is 4.22. The fourth-order valence-corrected chi connectivity index (χ4v) is 2.59. The average Bonchev–Trinajstić information content (AvgIpc) is 3.13. The van der Waals surface area contributed by atoms with E-state index < -0.39 is 17.8 Å². The maximum absolute atomic E-state index is 13.2. The highest BCUT2D eigenvalue weighted by molar-refractivity contribution is 5.90. The van der Waals surface area contributed by atoms with Gasteiger partial charge in [0.1, 0.15) is 5.75 Å². The van der Waals surface area contributed by atoms with E-state index >= 15 is 0 Å². The van der Waals surface area contributed by atoms with Crippen LogP contribution in [-0.2, 0) is 11.0 Å². The molecule has 0 saturated carbocycles. The van der Waals surface area contributed by atoms with Gasteiger partial charge in [-0.15, -0.1) is 0 Å². The van der Waals surface area contributed by atoms with Crippen molar-refractivity contribution < 1.29 is 22.7 Å². The standard InChI is InChI=1S/C20H16F3N3O2/c1-28-16-9-7-15(8-10-16)26-17(12-18(25-26)20(21,22)23)14-5-2-13(3-6-14)4-11-19(24)27/h2-12H,1H3,(H2,24,27). The number of nitrogens with two attached hydrogens (primary N) is 1. The fourth-order valence-electron chi connectivity index (χ4n) is 2.59. The summed E-state index contributed by atoms with van der Waals surface area (Å²) >= 11 is 0. The lowest BCUT2D eigenvalue weighted by Crippen LogP contribution is -2.07. The molecule has 0 unspecified atom stereocenters. The van der Waals surface area contributed by atoms with Crippen molar-refractivity contribution in [3.05, 3.63) is 71.9 Å². The molecule has 2 N–H and O–H groups in total. The number of nitrogens with zero attached hydrogens (tertiary/aromatic N) is 2. The van der Waals surface area contributed by atoms with Gasteiger partial charge in [0.2, 0.25) is 5.91 Å². The number of amides is 1. The minimum Gasteiger partial charge on any atom is -0.497 e. The molecule has 2 aromatic carbocycles. The van der Waals surface area contributed by atoms with E-state index in [-0.39, 0.29) is 5.69 Å². The second kappa shape index (κ2) is 7.59. The molecule has 0 aliphatic heterocycles. The third-order valence-corrected chi connectivity index (χ3v) is 3.96. The number of hydrogen-bond donors (Lipinski definition) is 1. The van der Waals surface area contributed by atoms with E-state index in [2.05, 4.69) is 5.10 Å². The molecule has 0 spiro atoms. The van der Waals surface area contributed by atoms with Gasteiger partial charge in [0, 0.05) is 11.6 Å². The topological polar surface area (TPSA) is 70.1 Å². The second-order valence-electron chi connectivity index (χ2n) is 5.88. The molecular weight excluding hydrogens is 371 g/mol. The van der Waals surface area contributed by atoms with E-state index in [1.54, 1.807) is 48.5 Å². The molecule has 0 fully saturated rings. The minimum absolute atomic E-state index is 0.280. The number of aromatic nitrogens is 2. The van der Waals surface area contributed by atoms with E-state index in [4.69, 9.17) is 10.5 Å². The van der Waals surface area contributed by atoms with Crippen LogP contribution in [0.3, 0.4) is 0 Å². The van der Waals surface area contributed by atoms with Crippen LogP contribution in [0.15, 0.2) is 60.7 Å². The SMILES string of the molecule is COc1ccc(-n2nc(C(F)(F)F)cc2-c2ccc(C=CC(N)=O)cc2)cc1. The summed E-state index contributed by atoms with van der Waals surface area (Å²) in [5.41, 5.74) is 6.04. The van der Waals surface area contributed by atoms with E-state index in [1.807, 2.05) is 0 Å². The molecular formula is C20H16F3N3O2. The summed E-state index contributed by atoms with van der Waals surface area (Å²) in [5.74, 6) is -0.00410. The molecule has 3 rings (SSSR count). The molecule has 1 heterocycles. The van der Waals surface area contributed by atoms with Crippen molar-refractivity contribution in [2.45, 2.75) is 6.18 Å². The average molecular weight is 387 g/mol. The van der Waals surface area contributed by atoms with Crippen LogP contribution in [-0.4, -0.2) is 22.8 Å². The van der Waals surface area contributed by atoms with Crippen molar-refractivity contribution in [1.82, 2.24) is 9.78 Å². The Bertz CT molecular complexity index is 1000. The first kappa shape index (κ1) is 19.2. The van der Waals surface area contributed by atoms with Gasteiger partial charge in [-0.3, -0.25) is 4.79 Å². The van der Waals surface area contributed by atoms with Crippen LogP contribution in [0.25, 0.3) is 23.0 Å². The van der Waals surface area contributed by atoms with E-state index in [9.17, 15) is 18.0 Å². The second-order valence-corrected chi connectivity index (χ2v) is 5.88. The van der Waals surface area contributed by atoms with Gasteiger partial charge in [-0.25, -0.2) is 4.68 Å². The normalized spacial score (nSPS) is 11.7. The molecule has 0 saturated heterocycles. The van der Waals surface area contributed by atoms with Crippen LogP contribution in [0.5, 0.6) is 5.75 Å². The van der Waals surface area contributed by atoms with E-state index in [1.165, 1.54) is 23.9 Å². The highest BCUT2D eigenvalue weighted by Crippen LogP contribution is 2.33. The number of alkyl halides is 3. The Balaban J connectivity index is 2.05. The number of rotatable bonds is 5. The molecule has 1 aromatic heterocycles. The molecule has 0 radical (unpaired) electrons. The number of hydrogen-bond acceptors (Lipinski definition) is 3. The van der Waals surface area contributed by atoms with Gasteiger partial charge >= 0.3 is 6.18 Å². The lowest BCUT2D eigenvalue weighted by atomic mass is 10.1. The molecule has 0 bridgehead atoms. The highest BCUT2D eigenvalue weighted by atomic mass is 19.4. The maximum atomic E-state index is 13.2. The number of ether oxygens (including phenoxy) is 1. The predicted molar refractivity (Wildman–Crippen MR) is 98.8 cm³/mol. The molecule has 8 heteroatoms. The van der Waals surface area contributed by atoms with Crippen LogP contribution in [0.1, 0.15) is 11.3 Å². The number of carbonyl (C=O) groups excluding carboxylic acids is 1. The number of benzene rings is 2. The van der Waals surface area contributed by atoms with Crippen molar-refractivity contribution in [1.29, 1.82) is 0 Å². The van der Waals surface area contributed by atoms with Crippen LogP contribution < -0.4 is 10.5 Å². The Labute approximate surface area is 158 Å².